The number of ether oxygens (including phenoxy) is 2. The molecule has 1 aliphatic rings. The number of allylic oxidation sites excluding steroid dienone is 2. The quantitative estimate of drug-likeness (QED) is 0.506. The Labute approximate surface area is 92.4 Å². The molecule has 0 atom stereocenters. The first kappa shape index (κ1) is 11.5. The zero-order valence-corrected chi connectivity index (χ0v) is 8.76. The minimum atomic E-state index is 0.278. The standard InChI is InChI=1S/C10H8N4O2/c1-15-9-7(13-5-11)3-4-8(14-6-12)10(9)16-2/h3-4H,1-2H3. The lowest BCUT2D eigenvalue weighted by Crippen LogP contribution is -2.17. The van der Waals surface area contributed by atoms with Gasteiger partial charge in [-0.15, -0.1) is 0 Å². The van der Waals surface area contributed by atoms with Crippen LogP contribution in [0.2, 0.25) is 0 Å². The van der Waals surface area contributed by atoms with Gasteiger partial charge >= 0.3 is 0 Å². The van der Waals surface area contributed by atoms with Gasteiger partial charge in [-0.1, -0.05) is 0 Å². The monoisotopic (exact) mass is 216 g/mol. The molecule has 80 valence electrons. The summed E-state index contributed by atoms with van der Waals surface area (Å²) in [6, 6.07) is 0. The van der Waals surface area contributed by atoms with E-state index in [-0.39, 0.29) is 11.5 Å². The molecule has 0 aromatic carbocycles. The normalized spacial score (nSPS) is 19.5. The Hall–Kier alpha value is -2.60. The first-order valence-electron chi connectivity index (χ1n) is 4.23. The Morgan fingerprint density at radius 2 is 1.31 bits per heavy atom. The molecule has 6 nitrogen and oxygen atoms in total. The highest BCUT2D eigenvalue weighted by Crippen LogP contribution is 2.17. The molecule has 1 aliphatic carbocycles. The van der Waals surface area contributed by atoms with Crippen molar-refractivity contribution in [1.82, 2.24) is 0 Å². The predicted molar refractivity (Wildman–Crippen MR) is 56.3 cm³/mol. The third-order valence-corrected chi connectivity index (χ3v) is 1.82. The van der Waals surface area contributed by atoms with Crippen LogP contribution in [0.3, 0.4) is 0 Å². The van der Waals surface area contributed by atoms with Crippen molar-refractivity contribution in [3.8, 4) is 12.4 Å². The van der Waals surface area contributed by atoms with E-state index in [2.05, 4.69) is 9.98 Å². The van der Waals surface area contributed by atoms with Crippen molar-refractivity contribution in [2.24, 2.45) is 9.98 Å². The van der Waals surface area contributed by atoms with Gasteiger partial charge in [0.15, 0.2) is 11.5 Å². The molecule has 0 N–H and O–H groups in total. The fraction of sp³-hybridized carbons (Fsp3) is 0.200. The maximum absolute atomic E-state index is 8.49. The Morgan fingerprint density at radius 3 is 1.56 bits per heavy atom. The number of hydrogen-bond donors (Lipinski definition) is 0. The van der Waals surface area contributed by atoms with Crippen LogP contribution in [0.4, 0.5) is 0 Å². The first-order valence-corrected chi connectivity index (χ1v) is 4.23. The molecule has 6 heteroatoms. The molecule has 0 saturated carbocycles. The summed E-state index contributed by atoms with van der Waals surface area (Å²) in [6.45, 7) is 0. The van der Waals surface area contributed by atoms with E-state index >= 15 is 0 Å². The van der Waals surface area contributed by atoms with Crippen LogP contribution in [0.5, 0.6) is 0 Å². The lowest BCUT2D eigenvalue weighted by atomic mass is 10.1. The second-order valence-electron chi connectivity index (χ2n) is 2.59. The molecule has 0 heterocycles. The number of methoxy groups -OCH3 is 2. The summed E-state index contributed by atoms with van der Waals surface area (Å²) in [6.07, 6.45) is 6.37. The van der Waals surface area contributed by atoms with Gasteiger partial charge in [-0.25, -0.2) is 0 Å². The molecule has 1 rings (SSSR count). The second-order valence-corrected chi connectivity index (χ2v) is 2.59. The van der Waals surface area contributed by atoms with E-state index in [1.54, 1.807) is 12.4 Å². The summed E-state index contributed by atoms with van der Waals surface area (Å²) in [7, 11) is 2.84. The minimum absolute atomic E-state index is 0.278. The van der Waals surface area contributed by atoms with Gasteiger partial charge in [-0.2, -0.15) is 20.5 Å². The van der Waals surface area contributed by atoms with Crippen LogP contribution < -0.4 is 0 Å². The summed E-state index contributed by atoms with van der Waals surface area (Å²) >= 11 is 0. The van der Waals surface area contributed by atoms with Crippen LogP contribution in [-0.4, -0.2) is 25.6 Å². The second kappa shape index (κ2) is 5.32. The van der Waals surface area contributed by atoms with Crippen molar-refractivity contribution < 1.29 is 9.47 Å². The largest absolute Gasteiger partial charge is 0.491 e. The third kappa shape index (κ3) is 2.07. The maximum atomic E-state index is 8.49. The smallest absolute Gasteiger partial charge is 0.206 e. The molecule has 0 fully saturated rings. The fourth-order valence-electron chi connectivity index (χ4n) is 1.22. The highest BCUT2D eigenvalue weighted by atomic mass is 16.5. The lowest BCUT2D eigenvalue weighted by Gasteiger charge is -2.15. The summed E-state index contributed by atoms with van der Waals surface area (Å²) in [4.78, 5) is 7.13. The zero-order valence-electron chi connectivity index (χ0n) is 8.76. The Kier molecular flexibility index (Phi) is 3.82. The summed E-state index contributed by atoms with van der Waals surface area (Å²) in [5.41, 5.74) is 0.664. The van der Waals surface area contributed by atoms with Crippen molar-refractivity contribution >= 4 is 11.4 Å². The van der Waals surface area contributed by atoms with Gasteiger partial charge in [0.05, 0.1) is 14.2 Å². The van der Waals surface area contributed by atoms with Gasteiger partial charge in [-0.3, -0.25) is 0 Å². The molecule has 0 unspecified atom stereocenters. The topological polar surface area (TPSA) is 90.8 Å². The molecule has 0 aliphatic heterocycles. The van der Waals surface area contributed by atoms with Crippen LogP contribution in [0.1, 0.15) is 0 Å². The van der Waals surface area contributed by atoms with Gasteiger partial charge in [0.25, 0.3) is 0 Å². The van der Waals surface area contributed by atoms with Crippen LogP contribution in [0.15, 0.2) is 33.7 Å². The van der Waals surface area contributed by atoms with Crippen molar-refractivity contribution in [3.63, 3.8) is 0 Å². The average molecular weight is 216 g/mol. The van der Waals surface area contributed by atoms with Gasteiger partial charge in [0, 0.05) is 0 Å². The molecule has 16 heavy (non-hydrogen) atoms. The molecule has 0 aromatic rings. The minimum Gasteiger partial charge on any atom is -0.491 e. The molecular formula is C10H8N4O2. The van der Waals surface area contributed by atoms with Crippen LogP contribution in [-0.2, 0) is 9.47 Å². The Morgan fingerprint density at radius 1 is 0.938 bits per heavy atom. The molecule has 0 amide bonds. The fourth-order valence-corrected chi connectivity index (χ4v) is 1.22. The molecule has 0 aromatic heterocycles. The predicted octanol–water partition coefficient (Wildman–Crippen LogP) is 0.905. The van der Waals surface area contributed by atoms with E-state index in [4.69, 9.17) is 20.0 Å². The van der Waals surface area contributed by atoms with Crippen molar-refractivity contribution in [2.45, 2.75) is 0 Å². The van der Waals surface area contributed by atoms with Gasteiger partial charge in [-0.05, 0) is 12.2 Å². The van der Waals surface area contributed by atoms with Crippen LogP contribution in [0, 0.1) is 22.9 Å². The Bertz CT molecular complexity index is 442. The molecule has 0 spiro atoms. The third-order valence-electron chi connectivity index (χ3n) is 1.82. The average Bonchev–Trinajstić information content (AvgIpc) is 2.31. The van der Waals surface area contributed by atoms with E-state index < -0.39 is 0 Å². The van der Waals surface area contributed by atoms with Crippen molar-refractivity contribution in [3.05, 3.63) is 23.7 Å². The number of hydrogen-bond acceptors (Lipinski definition) is 6. The molecule has 0 radical (unpaired) electrons. The van der Waals surface area contributed by atoms with Crippen LogP contribution in [0.25, 0.3) is 0 Å². The number of aliphatic imine (C=N–C) groups is 2. The van der Waals surface area contributed by atoms with E-state index in [0.717, 1.165) is 0 Å². The SMILES string of the molecule is COC1=C(OC)C(=NC#N)C=CC1=NC#N. The zero-order chi connectivity index (χ0) is 12.0. The number of rotatable bonds is 2. The molecular weight excluding hydrogens is 208 g/mol. The number of nitriles is 2. The summed E-state index contributed by atoms with van der Waals surface area (Å²) < 4.78 is 10.1. The summed E-state index contributed by atoms with van der Waals surface area (Å²) in [5, 5.41) is 17.0. The van der Waals surface area contributed by atoms with Crippen LogP contribution >= 0.6 is 0 Å². The van der Waals surface area contributed by atoms with E-state index in [1.807, 2.05) is 0 Å². The highest BCUT2D eigenvalue weighted by molar-refractivity contribution is 6.22. The lowest BCUT2D eigenvalue weighted by molar-refractivity contribution is 0.253. The maximum Gasteiger partial charge on any atom is 0.206 e. The van der Waals surface area contributed by atoms with Gasteiger partial charge in [0.1, 0.15) is 11.4 Å². The number of nitrogens with zero attached hydrogens (tertiary/aromatic N) is 4. The van der Waals surface area contributed by atoms with Gasteiger partial charge < -0.3 is 9.47 Å². The van der Waals surface area contributed by atoms with Crippen molar-refractivity contribution in [1.29, 1.82) is 10.5 Å². The molecule has 0 saturated heterocycles. The van der Waals surface area contributed by atoms with Crippen molar-refractivity contribution in [2.75, 3.05) is 14.2 Å². The van der Waals surface area contributed by atoms with Gasteiger partial charge in [0.2, 0.25) is 12.4 Å². The Balaban J connectivity index is 3.33. The highest BCUT2D eigenvalue weighted by Gasteiger charge is 2.21. The molecule has 0 bridgehead atoms. The summed E-state index contributed by atoms with van der Waals surface area (Å²) in [5.74, 6) is 0.557. The van der Waals surface area contributed by atoms with E-state index in [9.17, 15) is 0 Å². The van der Waals surface area contributed by atoms with E-state index in [1.165, 1.54) is 26.4 Å². The first-order chi connectivity index (χ1) is 7.78. The van der Waals surface area contributed by atoms with E-state index in [0.29, 0.717) is 11.4 Å².